The molecule has 1 amide bonds. The van der Waals surface area contributed by atoms with Crippen LogP contribution in [-0.4, -0.2) is 12.2 Å². The quantitative estimate of drug-likeness (QED) is 0.204. The number of hydrogen-bond acceptors (Lipinski definition) is 3. The van der Waals surface area contributed by atoms with Gasteiger partial charge in [-0.15, -0.1) is 0 Å². The van der Waals surface area contributed by atoms with E-state index < -0.39 is 15.9 Å². The normalized spacial score (nSPS) is 11.5. The SMILES string of the molecule is CC#N.CC(=O)NP(c1ccccc1)c1ccccc1.C[C-]=O.F[P-](F)(F)(F)(F)F.[Pd+2]. The molecule has 0 unspecified atom stereocenters. The predicted octanol–water partition coefficient (Wildman–Crippen LogP) is 6.20. The summed E-state index contributed by atoms with van der Waals surface area (Å²) >= 11 is 0. The number of nitrogens with one attached hydrogen (secondary N) is 1. The van der Waals surface area contributed by atoms with E-state index in [1.807, 2.05) is 36.4 Å². The molecule has 0 fully saturated rings. The minimum absolute atomic E-state index is 0. The first-order valence-corrected chi connectivity index (χ1v) is 11.3. The summed E-state index contributed by atoms with van der Waals surface area (Å²) in [5.41, 5.74) is 0. The van der Waals surface area contributed by atoms with E-state index in [2.05, 4.69) is 29.4 Å². The summed E-state index contributed by atoms with van der Waals surface area (Å²) < 4.78 is 59.2. The Kier molecular flexibility index (Phi) is 15.6. The van der Waals surface area contributed by atoms with Gasteiger partial charge in [0.25, 0.3) is 0 Å². The van der Waals surface area contributed by atoms with Gasteiger partial charge in [-0.2, -0.15) is 12.2 Å². The minimum atomic E-state index is -10.7. The van der Waals surface area contributed by atoms with Gasteiger partial charge in [-0.1, -0.05) is 60.7 Å². The predicted molar refractivity (Wildman–Crippen MR) is 109 cm³/mol. The Morgan fingerprint density at radius 2 is 1.16 bits per heavy atom. The van der Waals surface area contributed by atoms with Gasteiger partial charge in [-0.3, -0.25) is 11.1 Å². The van der Waals surface area contributed by atoms with Gasteiger partial charge in [0.15, 0.2) is 0 Å². The fraction of sp³-hybridized carbons (Fsp3) is 0.167. The maximum absolute atomic E-state index is 11.3. The monoisotopic (exact) mass is 578 g/mol. The summed E-state index contributed by atoms with van der Waals surface area (Å²) in [5, 5.41) is 12.7. The van der Waals surface area contributed by atoms with E-state index in [1.165, 1.54) is 20.1 Å². The van der Waals surface area contributed by atoms with Crippen LogP contribution in [0.15, 0.2) is 60.7 Å². The molecule has 4 nitrogen and oxygen atoms in total. The Balaban J connectivity index is -0.000000470. The zero-order valence-electron chi connectivity index (χ0n) is 16.5. The number of nitriles is 1. The van der Waals surface area contributed by atoms with Crippen LogP contribution in [0.2, 0.25) is 0 Å². The molecule has 13 heteroatoms. The van der Waals surface area contributed by atoms with E-state index in [-0.39, 0.29) is 26.3 Å². The van der Waals surface area contributed by atoms with Crippen molar-refractivity contribution in [3.05, 3.63) is 60.7 Å². The Labute approximate surface area is 191 Å². The minimum Gasteiger partial charge on any atom is 2.00 e. The zero-order valence-corrected chi connectivity index (χ0v) is 19.9. The van der Waals surface area contributed by atoms with E-state index in [9.17, 15) is 30.0 Å². The maximum atomic E-state index is 11.3. The maximum Gasteiger partial charge on any atom is 2.00 e. The Morgan fingerprint density at radius 1 is 0.935 bits per heavy atom. The first-order chi connectivity index (χ1) is 13.5. The Hall–Kier alpha value is -1.83. The number of hydrogen-bond donors (Lipinski definition) is 1. The molecule has 0 bridgehead atoms. The Bertz CT molecular complexity index is 767. The third-order valence-corrected chi connectivity index (χ3v) is 4.47. The van der Waals surface area contributed by atoms with Crippen LogP contribution in [0.4, 0.5) is 25.2 Å². The van der Waals surface area contributed by atoms with Crippen molar-refractivity contribution in [3.8, 4) is 6.07 Å². The second-order valence-corrected chi connectivity index (χ2v) is 8.90. The van der Waals surface area contributed by atoms with Crippen molar-refractivity contribution in [2.45, 2.75) is 20.8 Å². The molecule has 1 N–H and O–H groups in total. The third kappa shape index (κ3) is 28.2. The molecule has 0 saturated carbocycles. The van der Waals surface area contributed by atoms with E-state index >= 15 is 0 Å². The average molecular weight is 579 g/mol. The molecule has 0 aromatic heterocycles. The Morgan fingerprint density at radius 3 is 1.35 bits per heavy atom. The number of rotatable bonds is 3. The number of nitrogens with zero attached hydrogens (tertiary/aromatic N) is 1. The van der Waals surface area contributed by atoms with Crippen molar-refractivity contribution < 1.29 is 55.2 Å². The number of carbonyl (C=O) groups excluding carboxylic acids is 2. The molecule has 0 saturated heterocycles. The molecular formula is C18H20F6N2O2P2Pd. The standard InChI is InChI=1S/C14H14NOP.C2H3N.C2H3O.F6P.Pd/c1-12(16)15-17(13-8-4-2-5-9-13)14-10-6-3-7-11-14;2*1-2-3;1-7(2,3,4,5)6;/h2-11H,1H3,(H,15,16);2*1H3;;/q;;2*-1;+2. The number of benzene rings is 2. The molecule has 0 aliphatic heterocycles. The van der Waals surface area contributed by atoms with Crippen LogP contribution in [0.3, 0.4) is 0 Å². The first kappa shape index (κ1) is 33.8. The molecule has 0 aliphatic carbocycles. The van der Waals surface area contributed by atoms with Crippen molar-refractivity contribution in [1.82, 2.24) is 5.09 Å². The van der Waals surface area contributed by atoms with Crippen LogP contribution >= 0.6 is 15.9 Å². The number of halogens is 6. The van der Waals surface area contributed by atoms with E-state index in [0.29, 0.717) is 0 Å². The molecule has 0 heterocycles. The fourth-order valence-corrected chi connectivity index (χ4v) is 3.40. The summed E-state index contributed by atoms with van der Waals surface area (Å²) in [6.45, 7) is 4.31. The van der Waals surface area contributed by atoms with Gasteiger partial charge in [-0.05, 0) is 0 Å². The first-order valence-electron chi connectivity index (χ1n) is 7.89. The number of amides is 1. The van der Waals surface area contributed by atoms with E-state index in [0.717, 1.165) is 10.6 Å². The van der Waals surface area contributed by atoms with Gasteiger partial charge in [0.05, 0.1) is 14.1 Å². The average Bonchev–Trinajstić information content (AvgIpc) is 2.60. The second-order valence-electron chi connectivity index (χ2n) is 5.06. The van der Waals surface area contributed by atoms with Gasteiger partial charge < -0.3 is 9.88 Å². The van der Waals surface area contributed by atoms with Crippen molar-refractivity contribution >= 4 is 38.7 Å². The van der Waals surface area contributed by atoms with Crippen molar-refractivity contribution in [1.29, 1.82) is 5.26 Å². The van der Waals surface area contributed by atoms with Crippen LogP contribution in [0, 0.1) is 11.3 Å². The van der Waals surface area contributed by atoms with Gasteiger partial charge >= 0.3 is 53.4 Å². The van der Waals surface area contributed by atoms with E-state index in [4.69, 9.17) is 10.1 Å². The number of carbonyl (C=O) groups is 1. The van der Waals surface area contributed by atoms with E-state index in [1.54, 1.807) is 13.0 Å². The molecule has 176 valence electrons. The molecule has 0 spiro atoms. The summed E-state index contributed by atoms with van der Waals surface area (Å²) in [6.07, 6.45) is 1.50. The zero-order chi connectivity index (χ0) is 23.9. The van der Waals surface area contributed by atoms with Crippen LogP contribution in [0.25, 0.3) is 0 Å². The molecule has 31 heavy (non-hydrogen) atoms. The topological polar surface area (TPSA) is 70.0 Å². The third-order valence-electron chi connectivity index (χ3n) is 2.30. The van der Waals surface area contributed by atoms with Crippen LogP contribution < -0.4 is 15.7 Å². The largest absolute Gasteiger partial charge is 2.00 e. The van der Waals surface area contributed by atoms with Crippen LogP contribution in [0.5, 0.6) is 0 Å². The van der Waals surface area contributed by atoms with Crippen molar-refractivity contribution in [2.75, 3.05) is 0 Å². The molecule has 2 rings (SSSR count). The van der Waals surface area contributed by atoms with Crippen LogP contribution in [-0.2, 0) is 30.0 Å². The van der Waals surface area contributed by atoms with Gasteiger partial charge in [-0.25, -0.2) is 0 Å². The van der Waals surface area contributed by atoms with Crippen molar-refractivity contribution in [3.63, 3.8) is 0 Å². The van der Waals surface area contributed by atoms with Crippen LogP contribution in [0.1, 0.15) is 20.8 Å². The summed E-state index contributed by atoms with van der Waals surface area (Å²) in [4.78, 5) is 20.0. The second kappa shape index (κ2) is 14.3. The summed E-state index contributed by atoms with van der Waals surface area (Å²) in [6, 6.07) is 21.9. The summed E-state index contributed by atoms with van der Waals surface area (Å²) in [7, 11) is -11.4. The molecule has 2 aromatic rings. The van der Waals surface area contributed by atoms with Gasteiger partial charge in [0.1, 0.15) is 0 Å². The summed E-state index contributed by atoms with van der Waals surface area (Å²) in [5.74, 6) is 0.00353. The smallest absolute Gasteiger partial charge is 2.00 e. The molecule has 2 aromatic carbocycles. The molecular weight excluding hydrogens is 559 g/mol. The fourth-order valence-electron chi connectivity index (χ4n) is 1.59. The van der Waals surface area contributed by atoms with Crippen molar-refractivity contribution in [2.24, 2.45) is 0 Å². The van der Waals surface area contributed by atoms with Gasteiger partial charge in [0, 0.05) is 24.5 Å². The molecule has 0 atom stereocenters. The molecule has 0 radical (unpaired) electrons. The molecule has 0 aliphatic rings. The van der Waals surface area contributed by atoms with Gasteiger partial charge in [0.2, 0.25) is 5.91 Å².